The topological polar surface area (TPSA) is 58.6 Å². The summed E-state index contributed by atoms with van der Waals surface area (Å²) in [5.41, 5.74) is -1.14. The molecule has 1 aliphatic rings. The molecule has 18 heavy (non-hydrogen) atoms. The van der Waals surface area contributed by atoms with Crippen molar-refractivity contribution in [2.75, 3.05) is 0 Å². The molecule has 0 aliphatic heterocycles. The molecular weight excluding hydrogens is 230 g/mol. The van der Waals surface area contributed by atoms with Crippen LogP contribution in [0, 0.1) is 0 Å². The minimum Gasteiger partial charge on any atom is -0.444 e. The van der Waals surface area contributed by atoms with Crippen LogP contribution in [0.25, 0.3) is 0 Å². The van der Waals surface area contributed by atoms with Gasteiger partial charge < -0.3 is 15.2 Å². The van der Waals surface area contributed by atoms with Crippen molar-refractivity contribution in [3.63, 3.8) is 0 Å². The van der Waals surface area contributed by atoms with Crippen LogP contribution < -0.4 is 5.32 Å². The molecular formula is C14H25NO3. The van der Waals surface area contributed by atoms with Crippen LogP contribution in [0.4, 0.5) is 4.79 Å². The summed E-state index contributed by atoms with van der Waals surface area (Å²) in [5, 5.41) is 12.9. The first-order valence-corrected chi connectivity index (χ1v) is 6.61. The molecule has 1 rings (SSSR count). The molecule has 1 unspecified atom stereocenters. The smallest absolute Gasteiger partial charge is 0.408 e. The summed E-state index contributed by atoms with van der Waals surface area (Å²) < 4.78 is 5.26. The molecule has 4 heteroatoms. The van der Waals surface area contributed by atoms with Gasteiger partial charge in [0.05, 0.1) is 11.6 Å². The van der Waals surface area contributed by atoms with Crippen LogP contribution in [-0.2, 0) is 4.74 Å². The predicted molar refractivity (Wildman–Crippen MR) is 71.4 cm³/mol. The zero-order valence-electron chi connectivity index (χ0n) is 11.7. The Morgan fingerprint density at radius 3 is 2.39 bits per heavy atom. The van der Waals surface area contributed by atoms with Crippen LogP contribution in [0.15, 0.2) is 12.7 Å². The molecule has 0 aromatic rings. The summed E-state index contributed by atoms with van der Waals surface area (Å²) in [6.07, 6.45) is 4.96. The Bertz CT molecular complexity index is 301. The molecule has 0 aromatic heterocycles. The zero-order chi connectivity index (χ0) is 13.8. The van der Waals surface area contributed by atoms with Gasteiger partial charge in [0.25, 0.3) is 0 Å². The highest BCUT2D eigenvalue weighted by Crippen LogP contribution is 2.32. The van der Waals surface area contributed by atoms with Crippen molar-refractivity contribution in [1.82, 2.24) is 5.32 Å². The highest BCUT2D eigenvalue weighted by Gasteiger charge is 2.40. The van der Waals surface area contributed by atoms with Crippen molar-refractivity contribution in [2.45, 2.75) is 70.1 Å². The van der Waals surface area contributed by atoms with Gasteiger partial charge in [-0.15, -0.1) is 6.58 Å². The maximum Gasteiger partial charge on any atom is 0.408 e. The Kier molecular flexibility index (Phi) is 4.79. The van der Waals surface area contributed by atoms with Crippen molar-refractivity contribution >= 4 is 6.09 Å². The lowest BCUT2D eigenvalue weighted by Gasteiger charge is -2.40. The van der Waals surface area contributed by atoms with Gasteiger partial charge in [-0.05, 0) is 33.6 Å². The van der Waals surface area contributed by atoms with Crippen molar-refractivity contribution in [3.05, 3.63) is 12.7 Å². The first-order valence-electron chi connectivity index (χ1n) is 6.61. The fraction of sp³-hybridized carbons (Fsp3) is 0.786. The number of ether oxygens (including phenoxy) is 1. The monoisotopic (exact) mass is 255 g/mol. The Morgan fingerprint density at radius 1 is 1.39 bits per heavy atom. The molecule has 1 aliphatic carbocycles. The molecule has 0 spiro atoms. The first-order chi connectivity index (χ1) is 8.29. The van der Waals surface area contributed by atoms with Crippen LogP contribution in [-0.4, -0.2) is 28.4 Å². The quantitative estimate of drug-likeness (QED) is 0.762. The molecule has 4 nitrogen and oxygen atoms in total. The second-order valence-electron chi connectivity index (χ2n) is 6.02. The van der Waals surface area contributed by atoms with Gasteiger partial charge in [-0.3, -0.25) is 0 Å². The van der Waals surface area contributed by atoms with Gasteiger partial charge in [0, 0.05) is 0 Å². The standard InChI is InChI=1S/C14H25NO3/c1-5-11(16)14(9-7-6-8-10-14)15-12(17)18-13(2,3)4/h5,11,16H,1,6-10H2,2-4H3,(H,15,17). The van der Waals surface area contributed by atoms with Crippen LogP contribution in [0.1, 0.15) is 52.9 Å². The number of aliphatic hydroxyl groups excluding tert-OH is 1. The largest absolute Gasteiger partial charge is 0.444 e. The number of aliphatic hydroxyl groups is 1. The molecule has 0 aromatic carbocycles. The van der Waals surface area contributed by atoms with Gasteiger partial charge in [-0.2, -0.15) is 0 Å². The molecule has 1 amide bonds. The third-order valence-corrected chi connectivity index (χ3v) is 3.29. The minimum absolute atomic E-state index is 0.467. The molecule has 2 N–H and O–H groups in total. The summed E-state index contributed by atoms with van der Waals surface area (Å²) in [4.78, 5) is 11.9. The average molecular weight is 255 g/mol. The number of alkyl carbamates (subject to hydrolysis) is 1. The Morgan fingerprint density at radius 2 is 1.94 bits per heavy atom. The van der Waals surface area contributed by atoms with Gasteiger partial charge >= 0.3 is 6.09 Å². The third kappa shape index (κ3) is 4.02. The third-order valence-electron chi connectivity index (χ3n) is 3.29. The van der Waals surface area contributed by atoms with Crippen molar-refractivity contribution in [1.29, 1.82) is 0 Å². The second-order valence-corrected chi connectivity index (χ2v) is 6.02. The lowest BCUT2D eigenvalue weighted by molar-refractivity contribution is 0.0220. The van der Waals surface area contributed by atoms with E-state index in [9.17, 15) is 9.90 Å². The molecule has 0 bridgehead atoms. The molecule has 1 saturated carbocycles. The SMILES string of the molecule is C=CC(O)C1(NC(=O)OC(C)(C)C)CCCCC1. The molecule has 104 valence electrons. The van der Waals surface area contributed by atoms with Gasteiger partial charge in [-0.25, -0.2) is 4.79 Å². The molecule has 0 radical (unpaired) electrons. The van der Waals surface area contributed by atoms with E-state index in [2.05, 4.69) is 11.9 Å². The maximum absolute atomic E-state index is 11.9. The number of nitrogens with one attached hydrogen (secondary N) is 1. The Hall–Kier alpha value is -1.03. The van der Waals surface area contributed by atoms with Crippen LogP contribution >= 0.6 is 0 Å². The average Bonchev–Trinajstić information content (AvgIpc) is 2.26. The first kappa shape index (κ1) is 15.0. The number of hydrogen-bond acceptors (Lipinski definition) is 3. The molecule has 1 atom stereocenters. The van der Waals surface area contributed by atoms with Gasteiger partial charge in [0.2, 0.25) is 0 Å². The van der Waals surface area contributed by atoms with Crippen LogP contribution in [0.5, 0.6) is 0 Å². The van der Waals surface area contributed by atoms with Gasteiger partial charge in [-0.1, -0.05) is 25.3 Å². The van der Waals surface area contributed by atoms with E-state index in [0.29, 0.717) is 0 Å². The lowest BCUT2D eigenvalue weighted by atomic mass is 9.77. The van der Waals surface area contributed by atoms with E-state index in [1.54, 1.807) is 0 Å². The van der Waals surface area contributed by atoms with Gasteiger partial charge in [0.15, 0.2) is 0 Å². The Balaban J connectivity index is 2.73. The van der Waals surface area contributed by atoms with Gasteiger partial charge in [0.1, 0.15) is 5.60 Å². The van der Waals surface area contributed by atoms with E-state index in [4.69, 9.17) is 4.74 Å². The summed E-state index contributed by atoms with van der Waals surface area (Å²) in [7, 11) is 0. The number of hydrogen-bond donors (Lipinski definition) is 2. The fourth-order valence-corrected chi connectivity index (χ4v) is 2.41. The van der Waals surface area contributed by atoms with E-state index in [1.165, 1.54) is 6.08 Å². The van der Waals surface area contributed by atoms with E-state index in [1.807, 2.05) is 20.8 Å². The number of rotatable bonds is 3. The summed E-state index contributed by atoms with van der Waals surface area (Å²) in [6, 6.07) is 0. The van der Waals surface area contributed by atoms with Crippen molar-refractivity contribution < 1.29 is 14.6 Å². The fourth-order valence-electron chi connectivity index (χ4n) is 2.41. The lowest BCUT2D eigenvalue weighted by Crippen LogP contribution is -2.57. The van der Waals surface area contributed by atoms with Crippen molar-refractivity contribution in [3.8, 4) is 0 Å². The second kappa shape index (κ2) is 5.74. The normalized spacial score (nSPS) is 20.9. The van der Waals surface area contributed by atoms with E-state index in [-0.39, 0.29) is 0 Å². The summed E-state index contributed by atoms with van der Waals surface area (Å²) in [6.45, 7) is 9.09. The highest BCUT2D eigenvalue weighted by molar-refractivity contribution is 5.69. The molecule has 1 fully saturated rings. The van der Waals surface area contributed by atoms with E-state index < -0.39 is 23.3 Å². The summed E-state index contributed by atoms with van der Waals surface area (Å²) >= 11 is 0. The van der Waals surface area contributed by atoms with E-state index in [0.717, 1.165) is 32.1 Å². The van der Waals surface area contributed by atoms with Crippen LogP contribution in [0.3, 0.4) is 0 Å². The minimum atomic E-state index is -0.731. The zero-order valence-corrected chi connectivity index (χ0v) is 11.7. The number of carbonyl (C=O) groups excluding carboxylic acids is 1. The Labute approximate surface area is 109 Å². The predicted octanol–water partition coefficient (Wildman–Crippen LogP) is 2.76. The maximum atomic E-state index is 11.9. The number of amides is 1. The molecule has 0 heterocycles. The van der Waals surface area contributed by atoms with Crippen LogP contribution in [0.2, 0.25) is 0 Å². The number of carbonyl (C=O) groups is 1. The summed E-state index contributed by atoms with van der Waals surface area (Å²) in [5.74, 6) is 0. The highest BCUT2D eigenvalue weighted by atomic mass is 16.6. The van der Waals surface area contributed by atoms with Crippen molar-refractivity contribution in [2.24, 2.45) is 0 Å². The molecule has 0 saturated heterocycles. The van der Waals surface area contributed by atoms with E-state index >= 15 is 0 Å².